The smallest absolute Gasteiger partial charge is 0.263 e. The van der Waals surface area contributed by atoms with E-state index in [1.165, 1.54) is 23.0 Å². The van der Waals surface area contributed by atoms with Crippen LogP contribution in [0.3, 0.4) is 0 Å². The van der Waals surface area contributed by atoms with E-state index >= 15 is 0 Å². The molecule has 0 saturated carbocycles. The Hall–Kier alpha value is -1.84. The van der Waals surface area contributed by atoms with Gasteiger partial charge in [0.1, 0.15) is 5.56 Å². The second kappa shape index (κ2) is 5.87. The molecule has 4 nitrogen and oxygen atoms in total. The van der Waals surface area contributed by atoms with Gasteiger partial charge in [-0.15, -0.1) is 0 Å². The predicted octanol–water partition coefficient (Wildman–Crippen LogP) is 2.00. The van der Waals surface area contributed by atoms with Crippen LogP contribution in [-0.2, 0) is 7.05 Å². The summed E-state index contributed by atoms with van der Waals surface area (Å²) in [5.41, 5.74) is 1.21. The molecule has 0 unspecified atom stereocenters. The first-order chi connectivity index (χ1) is 9.09. The molecule has 102 valence electrons. The van der Waals surface area contributed by atoms with Crippen molar-refractivity contribution in [3.8, 4) is 0 Å². The Morgan fingerprint density at radius 3 is 2.89 bits per heavy atom. The lowest BCUT2D eigenvalue weighted by Crippen LogP contribution is -2.38. The molecule has 0 radical (unpaired) electrons. The number of carbonyl (C=O) groups excluding carboxylic acids is 1. The van der Waals surface area contributed by atoms with E-state index in [1.807, 2.05) is 6.92 Å². The average Bonchev–Trinajstić information content (AvgIpc) is 2.42. The molecular weight excluding hydrogens is 240 g/mol. The van der Waals surface area contributed by atoms with E-state index in [-0.39, 0.29) is 23.1 Å². The van der Waals surface area contributed by atoms with Crippen molar-refractivity contribution in [3.05, 3.63) is 45.9 Å². The van der Waals surface area contributed by atoms with Crippen LogP contribution in [0.1, 0.15) is 43.0 Å². The van der Waals surface area contributed by atoms with Gasteiger partial charge in [0, 0.05) is 19.3 Å². The first-order valence-electron chi connectivity index (χ1n) is 6.75. The molecular formula is C15H20N2O2. The minimum atomic E-state index is -0.292. The van der Waals surface area contributed by atoms with Gasteiger partial charge in [-0.2, -0.15) is 0 Å². The number of nitrogens with zero attached hydrogens (tertiary/aromatic N) is 1. The Balaban J connectivity index is 2.10. The number of allylic oxidation sites excluding steroid dienone is 1. The van der Waals surface area contributed by atoms with Gasteiger partial charge < -0.3 is 9.88 Å². The topological polar surface area (TPSA) is 51.1 Å². The zero-order valence-corrected chi connectivity index (χ0v) is 11.5. The van der Waals surface area contributed by atoms with Gasteiger partial charge in [0.25, 0.3) is 11.5 Å². The van der Waals surface area contributed by atoms with Gasteiger partial charge in [0.05, 0.1) is 0 Å². The van der Waals surface area contributed by atoms with E-state index in [0.717, 1.165) is 12.8 Å². The molecule has 0 aromatic carbocycles. The summed E-state index contributed by atoms with van der Waals surface area (Å²) in [5.74, 6) is -0.292. The van der Waals surface area contributed by atoms with Gasteiger partial charge in [-0.3, -0.25) is 9.59 Å². The normalized spacial score (nSPS) is 16.6. The van der Waals surface area contributed by atoms with E-state index < -0.39 is 0 Å². The van der Waals surface area contributed by atoms with Crippen LogP contribution < -0.4 is 10.9 Å². The van der Waals surface area contributed by atoms with E-state index in [1.54, 1.807) is 25.4 Å². The van der Waals surface area contributed by atoms with Crippen LogP contribution in [0.25, 0.3) is 0 Å². The fraction of sp³-hybridized carbons (Fsp3) is 0.467. The van der Waals surface area contributed by atoms with Crippen molar-refractivity contribution >= 4 is 5.91 Å². The maximum absolute atomic E-state index is 12.1. The van der Waals surface area contributed by atoms with Gasteiger partial charge in [0.15, 0.2) is 0 Å². The summed E-state index contributed by atoms with van der Waals surface area (Å²) in [7, 11) is 1.65. The number of hydrogen-bond acceptors (Lipinski definition) is 2. The van der Waals surface area contributed by atoms with Crippen LogP contribution in [0, 0.1) is 0 Å². The number of amides is 1. The maximum atomic E-state index is 12.1. The molecule has 0 spiro atoms. The first-order valence-corrected chi connectivity index (χ1v) is 6.75. The van der Waals surface area contributed by atoms with Crippen molar-refractivity contribution in [2.45, 2.75) is 38.6 Å². The number of nitrogens with one attached hydrogen (secondary N) is 1. The highest BCUT2D eigenvalue weighted by atomic mass is 16.2. The summed E-state index contributed by atoms with van der Waals surface area (Å²) in [6.45, 7) is 1.97. The van der Waals surface area contributed by atoms with Crippen molar-refractivity contribution < 1.29 is 4.79 Å². The highest BCUT2D eigenvalue weighted by Crippen LogP contribution is 2.20. The van der Waals surface area contributed by atoms with Gasteiger partial charge >= 0.3 is 0 Å². The van der Waals surface area contributed by atoms with Crippen LogP contribution in [0.4, 0.5) is 0 Å². The SMILES string of the molecule is C[C@H](NC(=O)c1cccn(C)c1=O)C1=CCCCC1. The molecule has 0 saturated heterocycles. The second-order valence-electron chi connectivity index (χ2n) is 5.06. The highest BCUT2D eigenvalue weighted by Gasteiger charge is 2.17. The number of pyridine rings is 1. The first kappa shape index (κ1) is 13.6. The van der Waals surface area contributed by atoms with Crippen molar-refractivity contribution in [1.82, 2.24) is 9.88 Å². The van der Waals surface area contributed by atoms with Crippen LogP contribution in [0.2, 0.25) is 0 Å². The summed E-state index contributed by atoms with van der Waals surface area (Å²) in [5, 5.41) is 2.91. The monoisotopic (exact) mass is 260 g/mol. The molecule has 1 heterocycles. The lowest BCUT2D eigenvalue weighted by Gasteiger charge is -2.20. The molecule has 2 rings (SSSR count). The molecule has 19 heavy (non-hydrogen) atoms. The summed E-state index contributed by atoms with van der Waals surface area (Å²) in [6.07, 6.45) is 8.38. The van der Waals surface area contributed by atoms with Crippen LogP contribution in [0.15, 0.2) is 34.8 Å². The minimum Gasteiger partial charge on any atom is -0.346 e. The maximum Gasteiger partial charge on any atom is 0.263 e. The highest BCUT2D eigenvalue weighted by molar-refractivity contribution is 5.94. The van der Waals surface area contributed by atoms with Crippen molar-refractivity contribution in [2.24, 2.45) is 7.05 Å². The van der Waals surface area contributed by atoms with E-state index in [0.29, 0.717) is 0 Å². The van der Waals surface area contributed by atoms with Gasteiger partial charge in [-0.25, -0.2) is 0 Å². The quantitative estimate of drug-likeness (QED) is 0.845. The van der Waals surface area contributed by atoms with Crippen molar-refractivity contribution in [1.29, 1.82) is 0 Å². The Kier molecular flexibility index (Phi) is 4.20. The summed E-state index contributed by atoms with van der Waals surface area (Å²) >= 11 is 0. The Bertz CT molecular complexity index is 558. The molecule has 1 aromatic rings. The molecule has 1 aliphatic carbocycles. The van der Waals surface area contributed by atoms with E-state index in [9.17, 15) is 9.59 Å². The average molecular weight is 260 g/mol. The lowest BCUT2D eigenvalue weighted by atomic mass is 9.94. The molecule has 4 heteroatoms. The van der Waals surface area contributed by atoms with Gasteiger partial charge in [-0.1, -0.05) is 11.6 Å². The number of aryl methyl sites for hydroxylation is 1. The molecule has 0 bridgehead atoms. The largest absolute Gasteiger partial charge is 0.346 e. The Morgan fingerprint density at radius 1 is 1.42 bits per heavy atom. The van der Waals surface area contributed by atoms with Crippen molar-refractivity contribution in [2.75, 3.05) is 0 Å². The molecule has 1 aromatic heterocycles. The third-order valence-corrected chi connectivity index (χ3v) is 3.60. The minimum absolute atomic E-state index is 0.00212. The van der Waals surface area contributed by atoms with Gasteiger partial charge in [0.2, 0.25) is 0 Å². The number of aromatic nitrogens is 1. The standard InChI is InChI=1S/C15H20N2O2/c1-11(12-7-4-3-5-8-12)16-14(18)13-9-6-10-17(2)15(13)19/h6-7,9-11H,3-5,8H2,1-2H3,(H,16,18)/t11-/m0/s1. The molecule has 0 aliphatic heterocycles. The van der Waals surface area contributed by atoms with Crippen molar-refractivity contribution in [3.63, 3.8) is 0 Å². The lowest BCUT2D eigenvalue weighted by molar-refractivity contribution is 0.0942. The zero-order chi connectivity index (χ0) is 13.8. The number of carbonyl (C=O) groups is 1. The number of hydrogen-bond donors (Lipinski definition) is 1. The zero-order valence-electron chi connectivity index (χ0n) is 11.5. The second-order valence-corrected chi connectivity index (χ2v) is 5.06. The molecule has 1 atom stereocenters. The fourth-order valence-corrected chi connectivity index (χ4v) is 2.39. The third-order valence-electron chi connectivity index (χ3n) is 3.60. The summed E-state index contributed by atoms with van der Waals surface area (Å²) < 4.78 is 1.42. The predicted molar refractivity (Wildman–Crippen MR) is 75.2 cm³/mol. The summed E-state index contributed by atoms with van der Waals surface area (Å²) in [6, 6.07) is 3.28. The van der Waals surface area contributed by atoms with Gasteiger partial charge in [-0.05, 0) is 44.7 Å². The number of rotatable bonds is 3. The van der Waals surface area contributed by atoms with Crippen LogP contribution in [0.5, 0.6) is 0 Å². The third kappa shape index (κ3) is 3.13. The molecule has 1 amide bonds. The molecule has 1 N–H and O–H groups in total. The van der Waals surface area contributed by atoms with Crippen LogP contribution in [-0.4, -0.2) is 16.5 Å². The Labute approximate surface area is 113 Å². The van der Waals surface area contributed by atoms with E-state index in [2.05, 4.69) is 11.4 Å². The van der Waals surface area contributed by atoms with Crippen LogP contribution >= 0.6 is 0 Å². The Morgan fingerprint density at radius 2 is 2.21 bits per heavy atom. The molecule has 0 fully saturated rings. The van der Waals surface area contributed by atoms with E-state index in [4.69, 9.17) is 0 Å². The molecule has 1 aliphatic rings. The fourth-order valence-electron chi connectivity index (χ4n) is 2.39. The summed E-state index contributed by atoms with van der Waals surface area (Å²) in [4.78, 5) is 24.0.